The second-order valence-electron chi connectivity index (χ2n) is 6.52. The third kappa shape index (κ3) is 3.21. The molecule has 3 heteroatoms. The van der Waals surface area contributed by atoms with Gasteiger partial charge in [-0.25, -0.2) is 0 Å². The van der Waals surface area contributed by atoms with Crippen molar-refractivity contribution in [1.82, 2.24) is 0 Å². The van der Waals surface area contributed by atoms with Crippen LogP contribution >= 0.6 is 15.9 Å². The van der Waals surface area contributed by atoms with Crippen LogP contribution in [0.4, 0.5) is 0 Å². The minimum absolute atomic E-state index is 0.221. The first-order chi connectivity index (χ1) is 8.69. The molecule has 2 aromatic carbocycles. The highest BCUT2D eigenvalue weighted by Gasteiger charge is 2.38. The van der Waals surface area contributed by atoms with E-state index in [9.17, 15) is 0 Å². The predicted octanol–water partition coefficient (Wildman–Crippen LogP) is 5.99. The smallest absolute Gasteiger partial charge is 0.250 e. The topological polar surface area (TPSA) is 9.23 Å². The highest BCUT2D eigenvalue weighted by molar-refractivity contribution is 9.10. The first-order valence-corrected chi connectivity index (χ1v) is 10.3. The second-order valence-corrected chi connectivity index (χ2v) is 12.2. The van der Waals surface area contributed by atoms with E-state index in [1.165, 1.54) is 10.8 Å². The van der Waals surface area contributed by atoms with Gasteiger partial charge in [-0.05, 0) is 53.2 Å². The molecule has 0 aliphatic carbocycles. The summed E-state index contributed by atoms with van der Waals surface area (Å²) in [6.45, 7) is 11.3. The minimum atomic E-state index is -1.76. The van der Waals surface area contributed by atoms with Gasteiger partial charge >= 0.3 is 0 Å². The summed E-state index contributed by atoms with van der Waals surface area (Å²) in [5.74, 6) is 0.984. The molecule has 0 atom stereocenters. The molecule has 0 saturated heterocycles. The Balaban J connectivity index is 2.36. The lowest BCUT2D eigenvalue weighted by molar-refractivity contribution is 0.493. The summed E-state index contributed by atoms with van der Waals surface area (Å²) in [7, 11) is -1.76. The van der Waals surface area contributed by atoms with E-state index in [1.807, 2.05) is 0 Å². The molecule has 0 aliphatic rings. The largest absolute Gasteiger partial charge is 0.543 e. The fourth-order valence-electron chi connectivity index (χ4n) is 1.71. The molecule has 2 rings (SSSR count). The third-order valence-electron chi connectivity index (χ3n) is 3.95. The first kappa shape index (κ1) is 14.6. The van der Waals surface area contributed by atoms with Gasteiger partial charge in [0.05, 0.1) is 0 Å². The van der Waals surface area contributed by atoms with Crippen molar-refractivity contribution in [1.29, 1.82) is 0 Å². The van der Waals surface area contributed by atoms with E-state index in [0.29, 0.717) is 0 Å². The van der Waals surface area contributed by atoms with Crippen molar-refractivity contribution in [3.63, 3.8) is 0 Å². The van der Waals surface area contributed by atoms with Crippen LogP contribution in [0.15, 0.2) is 40.9 Å². The minimum Gasteiger partial charge on any atom is -0.543 e. The van der Waals surface area contributed by atoms with Gasteiger partial charge in [0.15, 0.2) is 0 Å². The highest BCUT2D eigenvalue weighted by Crippen LogP contribution is 2.38. The normalized spacial score (nSPS) is 12.7. The predicted molar refractivity (Wildman–Crippen MR) is 89.5 cm³/mol. The molecular formula is C16H21BrOSi. The summed E-state index contributed by atoms with van der Waals surface area (Å²) < 4.78 is 7.44. The van der Waals surface area contributed by atoms with E-state index in [2.05, 4.69) is 86.2 Å². The van der Waals surface area contributed by atoms with Gasteiger partial charge in [-0.2, -0.15) is 0 Å². The highest BCUT2D eigenvalue weighted by atomic mass is 79.9. The van der Waals surface area contributed by atoms with Crippen LogP contribution in [0.3, 0.4) is 0 Å². The Hall–Kier alpha value is -0.803. The molecule has 0 N–H and O–H groups in total. The van der Waals surface area contributed by atoms with Crippen molar-refractivity contribution in [2.45, 2.75) is 38.9 Å². The molecular weight excluding hydrogens is 316 g/mol. The summed E-state index contributed by atoms with van der Waals surface area (Å²) in [5, 5.41) is 2.68. The van der Waals surface area contributed by atoms with Gasteiger partial charge in [0.1, 0.15) is 5.75 Å². The molecule has 1 nitrogen and oxygen atoms in total. The number of benzene rings is 2. The van der Waals surface area contributed by atoms with Crippen LogP contribution in [0, 0.1) is 0 Å². The lowest BCUT2D eigenvalue weighted by Crippen LogP contribution is -2.43. The van der Waals surface area contributed by atoms with Gasteiger partial charge in [-0.1, -0.05) is 48.8 Å². The van der Waals surface area contributed by atoms with Crippen LogP contribution in [0.1, 0.15) is 20.8 Å². The van der Waals surface area contributed by atoms with Gasteiger partial charge in [0.25, 0.3) is 0 Å². The Morgan fingerprint density at radius 3 is 2.21 bits per heavy atom. The third-order valence-corrected chi connectivity index (χ3v) is 8.80. The standard InChI is InChI=1S/C16H21BrOSi/c1-16(2,3)19(4,5)18-15-9-7-12-6-8-14(17)10-13(12)11-15/h6-11H,1-5H3. The quantitative estimate of drug-likeness (QED) is 0.612. The molecule has 0 amide bonds. The maximum atomic E-state index is 6.34. The van der Waals surface area contributed by atoms with E-state index >= 15 is 0 Å². The zero-order valence-electron chi connectivity index (χ0n) is 12.3. The van der Waals surface area contributed by atoms with Gasteiger partial charge < -0.3 is 4.43 Å². The Kier molecular flexibility index (Phi) is 3.80. The summed E-state index contributed by atoms with van der Waals surface area (Å²) in [4.78, 5) is 0. The fourth-order valence-corrected chi connectivity index (χ4v) is 3.11. The molecule has 102 valence electrons. The van der Waals surface area contributed by atoms with Crippen LogP contribution in [-0.4, -0.2) is 8.32 Å². The Bertz CT molecular complexity index is 599. The summed E-state index contributed by atoms with van der Waals surface area (Å²) in [6.07, 6.45) is 0. The Morgan fingerprint density at radius 2 is 1.58 bits per heavy atom. The van der Waals surface area contributed by atoms with Gasteiger partial charge in [0, 0.05) is 4.47 Å². The van der Waals surface area contributed by atoms with E-state index in [1.54, 1.807) is 0 Å². The van der Waals surface area contributed by atoms with Crippen molar-refractivity contribution in [3.8, 4) is 5.75 Å². The molecule has 0 fully saturated rings. The maximum absolute atomic E-state index is 6.34. The molecule has 0 bridgehead atoms. The van der Waals surface area contributed by atoms with Crippen molar-refractivity contribution < 1.29 is 4.43 Å². The molecule has 2 aromatic rings. The van der Waals surface area contributed by atoms with Crippen LogP contribution in [0.25, 0.3) is 10.8 Å². The molecule has 0 spiro atoms. The zero-order chi connectivity index (χ0) is 14.3. The Morgan fingerprint density at radius 1 is 0.947 bits per heavy atom. The van der Waals surface area contributed by atoms with Crippen molar-refractivity contribution in [2.24, 2.45) is 0 Å². The first-order valence-electron chi connectivity index (χ1n) is 6.57. The monoisotopic (exact) mass is 336 g/mol. The SMILES string of the molecule is CC(C)(C)[Si](C)(C)Oc1ccc2ccc(Br)cc2c1. The van der Waals surface area contributed by atoms with Crippen molar-refractivity contribution in [3.05, 3.63) is 40.9 Å². The lowest BCUT2D eigenvalue weighted by atomic mass is 10.1. The van der Waals surface area contributed by atoms with Gasteiger partial charge in [-0.15, -0.1) is 0 Å². The molecule has 0 unspecified atom stereocenters. The summed E-state index contributed by atoms with van der Waals surface area (Å²) >= 11 is 3.52. The number of fused-ring (bicyclic) bond motifs is 1. The van der Waals surface area contributed by atoms with Crippen LogP contribution in [-0.2, 0) is 0 Å². The van der Waals surface area contributed by atoms with E-state index in [-0.39, 0.29) is 5.04 Å². The van der Waals surface area contributed by atoms with Crippen LogP contribution < -0.4 is 4.43 Å². The summed E-state index contributed by atoms with van der Waals surface area (Å²) in [6, 6.07) is 12.7. The van der Waals surface area contributed by atoms with E-state index in [0.717, 1.165) is 10.2 Å². The number of rotatable bonds is 2. The number of hydrogen-bond donors (Lipinski definition) is 0. The zero-order valence-corrected chi connectivity index (χ0v) is 14.8. The van der Waals surface area contributed by atoms with E-state index < -0.39 is 8.32 Å². The van der Waals surface area contributed by atoms with Crippen molar-refractivity contribution in [2.75, 3.05) is 0 Å². The average Bonchev–Trinajstić information content (AvgIpc) is 2.26. The fraction of sp³-hybridized carbons (Fsp3) is 0.375. The van der Waals surface area contributed by atoms with Crippen LogP contribution in [0.5, 0.6) is 5.75 Å². The van der Waals surface area contributed by atoms with E-state index in [4.69, 9.17) is 4.43 Å². The van der Waals surface area contributed by atoms with Gasteiger partial charge in [0.2, 0.25) is 8.32 Å². The average molecular weight is 337 g/mol. The molecule has 0 heterocycles. The lowest BCUT2D eigenvalue weighted by Gasteiger charge is -2.36. The Labute approximate surface area is 125 Å². The van der Waals surface area contributed by atoms with Crippen LogP contribution in [0.2, 0.25) is 18.1 Å². The summed E-state index contributed by atoms with van der Waals surface area (Å²) in [5.41, 5.74) is 0. The second kappa shape index (κ2) is 4.95. The molecule has 19 heavy (non-hydrogen) atoms. The molecule has 0 radical (unpaired) electrons. The van der Waals surface area contributed by atoms with Gasteiger partial charge in [-0.3, -0.25) is 0 Å². The number of halogens is 1. The molecule has 0 aromatic heterocycles. The van der Waals surface area contributed by atoms with Crippen molar-refractivity contribution >= 4 is 35.0 Å². The number of hydrogen-bond acceptors (Lipinski definition) is 1. The molecule has 0 saturated carbocycles. The maximum Gasteiger partial charge on any atom is 0.250 e. The molecule has 0 aliphatic heterocycles.